The SMILES string of the molecule is CCN(C(=O)c1ccc(Cl)cc1)[C@@H]1CCN(C(=O)C2CCN(C(C)=O)CC2)C[C@H]1c1ccc(Cl)c(Cl)c1. The second kappa shape index (κ2) is 12.1. The summed E-state index contributed by atoms with van der Waals surface area (Å²) in [5.74, 6) is -0.110. The van der Waals surface area contributed by atoms with Gasteiger partial charge in [0.2, 0.25) is 11.8 Å². The molecule has 2 aromatic carbocycles. The third-order valence-corrected chi connectivity index (χ3v) is 8.63. The first-order valence-electron chi connectivity index (χ1n) is 12.7. The van der Waals surface area contributed by atoms with Crippen LogP contribution in [0.3, 0.4) is 0 Å². The molecule has 0 N–H and O–H groups in total. The lowest BCUT2D eigenvalue weighted by molar-refractivity contribution is -0.141. The molecule has 2 aliphatic rings. The van der Waals surface area contributed by atoms with E-state index in [1.54, 1.807) is 42.2 Å². The maximum atomic E-state index is 13.6. The lowest BCUT2D eigenvalue weighted by atomic mass is 9.83. The Hall–Kier alpha value is -2.28. The van der Waals surface area contributed by atoms with Crippen molar-refractivity contribution in [2.75, 3.05) is 32.7 Å². The molecule has 2 aliphatic heterocycles. The highest BCUT2D eigenvalue weighted by atomic mass is 35.5. The van der Waals surface area contributed by atoms with Crippen molar-refractivity contribution < 1.29 is 14.4 Å². The summed E-state index contributed by atoms with van der Waals surface area (Å²) in [5, 5.41) is 1.49. The fraction of sp³-hybridized carbons (Fsp3) is 0.464. The van der Waals surface area contributed by atoms with Crippen LogP contribution in [0.15, 0.2) is 42.5 Å². The summed E-state index contributed by atoms with van der Waals surface area (Å²) < 4.78 is 0. The zero-order valence-corrected chi connectivity index (χ0v) is 23.4. The molecule has 0 aromatic heterocycles. The molecule has 0 unspecified atom stereocenters. The molecule has 4 rings (SSSR count). The number of likely N-dealkylation sites (N-methyl/N-ethyl adjacent to an activating group) is 1. The Kier molecular flexibility index (Phi) is 9.04. The van der Waals surface area contributed by atoms with Crippen LogP contribution in [0.2, 0.25) is 15.1 Å². The van der Waals surface area contributed by atoms with Crippen molar-refractivity contribution in [1.29, 1.82) is 0 Å². The van der Waals surface area contributed by atoms with Crippen LogP contribution in [0.25, 0.3) is 0 Å². The summed E-state index contributed by atoms with van der Waals surface area (Å²) in [4.78, 5) is 44.4. The van der Waals surface area contributed by atoms with Gasteiger partial charge in [0.25, 0.3) is 5.91 Å². The normalized spacial score (nSPS) is 20.6. The topological polar surface area (TPSA) is 60.9 Å². The number of amides is 3. The van der Waals surface area contributed by atoms with Crippen molar-refractivity contribution >= 4 is 52.5 Å². The van der Waals surface area contributed by atoms with Gasteiger partial charge in [-0.15, -0.1) is 0 Å². The summed E-state index contributed by atoms with van der Waals surface area (Å²) >= 11 is 18.6. The number of carbonyl (C=O) groups excluding carboxylic acids is 3. The molecule has 3 amide bonds. The third-order valence-electron chi connectivity index (χ3n) is 7.64. The Bertz CT molecular complexity index is 1150. The van der Waals surface area contributed by atoms with Gasteiger partial charge in [-0.1, -0.05) is 40.9 Å². The molecule has 2 atom stereocenters. The molecule has 198 valence electrons. The molecule has 2 heterocycles. The van der Waals surface area contributed by atoms with E-state index in [0.29, 0.717) is 72.6 Å². The van der Waals surface area contributed by atoms with Gasteiger partial charge in [0.1, 0.15) is 0 Å². The molecule has 2 fully saturated rings. The Morgan fingerprint density at radius 1 is 0.892 bits per heavy atom. The number of rotatable bonds is 5. The van der Waals surface area contributed by atoms with Crippen LogP contribution < -0.4 is 0 Å². The van der Waals surface area contributed by atoms with Crippen LogP contribution in [0.1, 0.15) is 54.9 Å². The number of hydrogen-bond acceptors (Lipinski definition) is 3. The second-order valence-corrected chi connectivity index (χ2v) is 11.0. The highest BCUT2D eigenvalue weighted by Crippen LogP contribution is 2.36. The minimum atomic E-state index is -0.124. The summed E-state index contributed by atoms with van der Waals surface area (Å²) in [6, 6.07) is 12.4. The van der Waals surface area contributed by atoms with Crippen LogP contribution in [-0.2, 0) is 9.59 Å². The lowest BCUT2D eigenvalue weighted by Gasteiger charge is -2.45. The molecule has 37 heavy (non-hydrogen) atoms. The Balaban J connectivity index is 1.58. The molecule has 0 spiro atoms. The molecule has 0 bridgehead atoms. The molecule has 2 aromatic rings. The van der Waals surface area contributed by atoms with Crippen molar-refractivity contribution in [3.63, 3.8) is 0 Å². The first-order valence-corrected chi connectivity index (χ1v) is 13.9. The number of benzene rings is 2. The fourth-order valence-corrected chi connectivity index (χ4v) is 6.00. The van der Waals surface area contributed by atoms with Crippen molar-refractivity contribution in [1.82, 2.24) is 14.7 Å². The number of nitrogens with zero attached hydrogens (tertiary/aromatic N) is 3. The molecule has 2 saturated heterocycles. The molecule has 6 nitrogen and oxygen atoms in total. The average Bonchev–Trinajstić information content (AvgIpc) is 2.90. The van der Waals surface area contributed by atoms with E-state index in [1.807, 2.05) is 28.9 Å². The average molecular weight is 565 g/mol. The lowest BCUT2D eigenvalue weighted by Crippen LogP contribution is -2.54. The van der Waals surface area contributed by atoms with Gasteiger partial charge in [-0.25, -0.2) is 0 Å². The smallest absolute Gasteiger partial charge is 0.254 e. The largest absolute Gasteiger partial charge is 0.343 e. The van der Waals surface area contributed by atoms with Gasteiger partial charge >= 0.3 is 0 Å². The van der Waals surface area contributed by atoms with E-state index in [-0.39, 0.29) is 35.6 Å². The van der Waals surface area contributed by atoms with E-state index in [0.717, 1.165) is 5.56 Å². The minimum absolute atomic E-state index is 0.0522. The predicted octanol–water partition coefficient (Wildman–Crippen LogP) is 5.75. The quantitative estimate of drug-likeness (QED) is 0.464. The maximum Gasteiger partial charge on any atom is 0.254 e. The molecular weight excluding hydrogens is 533 g/mol. The zero-order chi connectivity index (χ0) is 26.7. The van der Waals surface area contributed by atoms with Gasteiger partial charge in [0, 0.05) is 68.1 Å². The summed E-state index contributed by atoms with van der Waals surface area (Å²) in [5.41, 5.74) is 1.53. The maximum absolute atomic E-state index is 13.6. The zero-order valence-electron chi connectivity index (χ0n) is 21.1. The van der Waals surface area contributed by atoms with Gasteiger partial charge in [-0.3, -0.25) is 14.4 Å². The van der Waals surface area contributed by atoms with Crippen molar-refractivity contribution in [2.45, 2.75) is 45.1 Å². The number of carbonyl (C=O) groups is 3. The fourth-order valence-electron chi connectivity index (χ4n) is 5.57. The molecule has 9 heteroatoms. The van der Waals surface area contributed by atoms with Gasteiger partial charge in [-0.05, 0) is 68.1 Å². The van der Waals surface area contributed by atoms with E-state index >= 15 is 0 Å². The molecule has 0 saturated carbocycles. The van der Waals surface area contributed by atoms with E-state index in [4.69, 9.17) is 34.8 Å². The highest BCUT2D eigenvalue weighted by molar-refractivity contribution is 6.42. The van der Waals surface area contributed by atoms with E-state index in [2.05, 4.69) is 0 Å². The van der Waals surface area contributed by atoms with Gasteiger partial charge < -0.3 is 14.7 Å². The minimum Gasteiger partial charge on any atom is -0.343 e. The Labute approximate surface area is 233 Å². The van der Waals surface area contributed by atoms with Crippen LogP contribution in [0.4, 0.5) is 0 Å². The van der Waals surface area contributed by atoms with Crippen LogP contribution in [0.5, 0.6) is 0 Å². The van der Waals surface area contributed by atoms with Crippen LogP contribution in [0, 0.1) is 5.92 Å². The van der Waals surface area contributed by atoms with E-state index in [1.165, 1.54) is 0 Å². The van der Waals surface area contributed by atoms with Gasteiger partial charge in [0.15, 0.2) is 0 Å². The number of halogens is 3. The van der Waals surface area contributed by atoms with E-state index in [9.17, 15) is 14.4 Å². The van der Waals surface area contributed by atoms with Crippen LogP contribution in [-0.4, -0.2) is 71.2 Å². The molecule has 0 radical (unpaired) electrons. The monoisotopic (exact) mass is 563 g/mol. The highest BCUT2D eigenvalue weighted by Gasteiger charge is 2.39. The van der Waals surface area contributed by atoms with Crippen LogP contribution >= 0.6 is 34.8 Å². The first-order chi connectivity index (χ1) is 17.7. The Morgan fingerprint density at radius 2 is 1.54 bits per heavy atom. The molecule has 0 aliphatic carbocycles. The van der Waals surface area contributed by atoms with Crippen molar-refractivity contribution in [3.8, 4) is 0 Å². The van der Waals surface area contributed by atoms with Crippen molar-refractivity contribution in [2.24, 2.45) is 5.92 Å². The number of hydrogen-bond donors (Lipinski definition) is 0. The summed E-state index contributed by atoms with van der Waals surface area (Å²) in [6.07, 6.45) is 1.99. The van der Waals surface area contributed by atoms with Gasteiger partial charge in [-0.2, -0.15) is 0 Å². The third kappa shape index (κ3) is 6.24. The number of likely N-dealkylation sites (tertiary alicyclic amines) is 2. The Morgan fingerprint density at radius 3 is 2.14 bits per heavy atom. The number of piperidine rings is 2. The van der Waals surface area contributed by atoms with Gasteiger partial charge in [0.05, 0.1) is 10.0 Å². The first kappa shape index (κ1) is 27.7. The standard InChI is InChI=1S/C28H32Cl3N3O3/c1-3-34(28(37)19-4-7-22(29)8-5-19)26-12-15-33(17-23(26)21-6-9-24(30)25(31)16-21)27(36)20-10-13-32(14-11-20)18(2)35/h4-9,16,20,23,26H,3,10-15,17H2,1-2H3/t23-,26+/m0/s1. The molecular formula is C28H32Cl3N3O3. The van der Waals surface area contributed by atoms with Crippen molar-refractivity contribution in [3.05, 3.63) is 68.7 Å². The summed E-state index contributed by atoms with van der Waals surface area (Å²) in [6.45, 7) is 6.34. The summed E-state index contributed by atoms with van der Waals surface area (Å²) in [7, 11) is 0. The predicted molar refractivity (Wildman–Crippen MR) is 147 cm³/mol. The second-order valence-electron chi connectivity index (χ2n) is 9.80. The van der Waals surface area contributed by atoms with E-state index < -0.39 is 0 Å².